The fourth-order valence-electron chi connectivity index (χ4n) is 3.06. The molecule has 2 aromatic carbocycles. The van der Waals surface area contributed by atoms with Crippen molar-refractivity contribution in [3.8, 4) is 0 Å². The number of hydrogen-bond acceptors (Lipinski definition) is 8. The number of nitrogens with one attached hydrogen (secondary N) is 2. The maximum atomic E-state index is 12.6. The molecular formula is C20H20Cl2N6O4S. The van der Waals surface area contributed by atoms with Crippen LogP contribution in [-0.4, -0.2) is 40.7 Å². The first kappa shape index (κ1) is 24.6. The zero-order valence-electron chi connectivity index (χ0n) is 17.6. The fraction of sp³-hybridized carbons (Fsp3) is 0.200. The summed E-state index contributed by atoms with van der Waals surface area (Å²) in [7, 11) is -3.62. The van der Waals surface area contributed by atoms with E-state index in [1.807, 2.05) is 0 Å². The monoisotopic (exact) mass is 510 g/mol. The molecule has 1 heterocycles. The van der Waals surface area contributed by atoms with Crippen LogP contribution in [0.25, 0.3) is 0 Å². The van der Waals surface area contributed by atoms with Gasteiger partial charge in [0.25, 0.3) is 0 Å². The third kappa shape index (κ3) is 5.69. The summed E-state index contributed by atoms with van der Waals surface area (Å²) >= 11 is 12.0. The number of benzene rings is 2. The van der Waals surface area contributed by atoms with Crippen LogP contribution in [0.2, 0.25) is 10.0 Å². The highest BCUT2D eigenvalue weighted by Gasteiger charge is 2.24. The summed E-state index contributed by atoms with van der Waals surface area (Å²) in [5.41, 5.74) is 0.409. The van der Waals surface area contributed by atoms with Crippen molar-refractivity contribution >= 4 is 61.9 Å². The zero-order valence-corrected chi connectivity index (χ0v) is 19.9. The van der Waals surface area contributed by atoms with Gasteiger partial charge in [-0.3, -0.25) is 10.1 Å². The molecule has 10 nitrogen and oxygen atoms in total. The van der Waals surface area contributed by atoms with Crippen molar-refractivity contribution in [3.63, 3.8) is 0 Å². The van der Waals surface area contributed by atoms with E-state index in [1.165, 1.54) is 34.6 Å². The van der Waals surface area contributed by atoms with Crippen molar-refractivity contribution in [1.29, 1.82) is 0 Å². The average Bonchev–Trinajstić information content (AvgIpc) is 2.74. The van der Waals surface area contributed by atoms with Crippen LogP contribution in [-0.2, 0) is 10.0 Å². The number of nitrogens with zero attached hydrogens (tertiary/aromatic N) is 4. The van der Waals surface area contributed by atoms with Gasteiger partial charge in [-0.15, -0.1) is 0 Å². The molecule has 2 N–H and O–H groups in total. The van der Waals surface area contributed by atoms with Crippen LogP contribution in [0.1, 0.15) is 13.8 Å². The highest BCUT2D eigenvalue weighted by Crippen LogP contribution is 2.34. The van der Waals surface area contributed by atoms with Crippen LogP contribution < -0.4 is 10.6 Å². The number of aromatic nitrogens is 2. The number of hydrogen-bond donors (Lipinski definition) is 2. The topological polar surface area (TPSA) is 130 Å². The van der Waals surface area contributed by atoms with Gasteiger partial charge in [0.2, 0.25) is 21.7 Å². The van der Waals surface area contributed by atoms with Crippen LogP contribution in [0.4, 0.5) is 28.7 Å². The Morgan fingerprint density at radius 3 is 1.94 bits per heavy atom. The van der Waals surface area contributed by atoms with Crippen molar-refractivity contribution in [3.05, 3.63) is 69.0 Å². The standard InChI is InChI=1S/C20H20Cl2N6O4S/c1-3-27(4-2)33(31,32)17-7-5-15(6-8-17)25-19-18(28(29)30)20(24-12-23-19)26-16-10-13(21)9-14(22)11-16/h5-12H,3-4H2,1-2H3,(H2,23,24,25,26). The summed E-state index contributed by atoms with van der Waals surface area (Å²) < 4.78 is 26.6. The van der Waals surface area contributed by atoms with Gasteiger partial charge in [-0.05, 0) is 42.5 Å². The minimum atomic E-state index is -3.62. The minimum absolute atomic E-state index is 0.0726. The van der Waals surface area contributed by atoms with E-state index in [4.69, 9.17) is 23.2 Å². The van der Waals surface area contributed by atoms with Gasteiger partial charge >= 0.3 is 5.69 Å². The second kappa shape index (κ2) is 10.3. The molecule has 0 radical (unpaired) electrons. The van der Waals surface area contributed by atoms with E-state index in [1.54, 1.807) is 26.0 Å². The van der Waals surface area contributed by atoms with Gasteiger partial charge in [0.05, 0.1) is 9.82 Å². The Hall–Kier alpha value is -2.99. The molecule has 0 saturated heterocycles. The highest BCUT2D eigenvalue weighted by atomic mass is 35.5. The van der Waals surface area contributed by atoms with E-state index >= 15 is 0 Å². The van der Waals surface area contributed by atoms with Gasteiger partial charge in [-0.2, -0.15) is 4.31 Å². The lowest BCUT2D eigenvalue weighted by molar-refractivity contribution is -0.383. The minimum Gasteiger partial charge on any atom is -0.334 e. The third-order valence-electron chi connectivity index (χ3n) is 4.59. The molecule has 0 fully saturated rings. The van der Waals surface area contributed by atoms with Gasteiger partial charge in [-0.25, -0.2) is 18.4 Å². The van der Waals surface area contributed by atoms with Gasteiger partial charge < -0.3 is 10.6 Å². The van der Waals surface area contributed by atoms with Crippen LogP contribution in [0.5, 0.6) is 0 Å². The molecule has 0 aliphatic heterocycles. The lowest BCUT2D eigenvalue weighted by Gasteiger charge is -2.18. The molecule has 33 heavy (non-hydrogen) atoms. The van der Waals surface area contributed by atoms with E-state index < -0.39 is 20.6 Å². The van der Waals surface area contributed by atoms with Gasteiger partial charge in [-0.1, -0.05) is 37.0 Å². The molecule has 1 aromatic heterocycles. The van der Waals surface area contributed by atoms with E-state index in [0.29, 0.717) is 34.5 Å². The van der Waals surface area contributed by atoms with Crippen molar-refractivity contribution < 1.29 is 13.3 Å². The molecule has 13 heteroatoms. The molecule has 3 rings (SSSR count). The van der Waals surface area contributed by atoms with E-state index in [-0.39, 0.29) is 16.5 Å². The Labute approximate surface area is 200 Å². The molecule has 0 atom stereocenters. The number of nitro groups is 1. The molecule has 0 amide bonds. The largest absolute Gasteiger partial charge is 0.353 e. The van der Waals surface area contributed by atoms with E-state index in [0.717, 1.165) is 6.33 Å². The predicted octanol–water partition coefficient (Wildman–Crippen LogP) is 5.21. The van der Waals surface area contributed by atoms with E-state index in [2.05, 4.69) is 20.6 Å². The maximum Gasteiger partial charge on any atom is 0.353 e. The normalized spacial score (nSPS) is 11.4. The summed E-state index contributed by atoms with van der Waals surface area (Å²) in [4.78, 5) is 19.2. The van der Waals surface area contributed by atoms with Gasteiger partial charge in [0.1, 0.15) is 6.33 Å². The number of sulfonamides is 1. The highest BCUT2D eigenvalue weighted by molar-refractivity contribution is 7.89. The SMILES string of the molecule is CCN(CC)S(=O)(=O)c1ccc(Nc2ncnc(Nc3cc(Cl)cc(Cl)c3)c2[N+](=O)[O-])cc1. The Bertz CT molecular complexity index is 1250. The van der Waals surface area contributed by atoms with Crippen LogP contribution in [0.15, 0.2) is 53.7 Å². The number of anilines is 4. The smallest absolute Gasteiger partial charge is 0.334 e. The lowest BCUT2D eigenvalue weighted by atomic mass is 10.3. The Balaban J connectivity index is 1.91. The summed E-state index contributed by atoms with van der Waals surface area (Å²) in [6, 6.07) is 10.5. The molecule has 0 spiro atoms. The molecule has 0 unspecified atom stereocenters. The summed E-state index contributed by atoms with van der Waals surface area (Å²) in [5.74, 6) is -0.151. The second-order valence-corrected chi connectivity index (χ2v) is 9.51. The van der Waals surface area contributed by atoms with Gasteiger partial charge in [0, 0.05) is 34.5 Å². The first-order valence-corrected chi connectivity index (χ1v) is 11.9. The predicted molar refractivity (Wildman–Crippen MR) is 128 cm³/mol. The quantitative estimate of drug-likeness (QED) is 0.296. The zero-order chi connectivity index (χ0) is 24.2. The third-order valence-corrected chi connectivity index (χ3v) is 7.09. The first-order valence-electron chi connectivity index (χ1n) is 9.75. The fourth-order valence-corrected chi connectivity index (χ4v) is 5.04. The average molecular weight is 511 g/mol. The van der Waals surface area contributed by atoms with Crippen molar-refractivity contribution in [2.24, 2.45) is 0 Å². The molecular weight excluding hydrogens is 491 g/mol. The number of halogens is 2. The number of rotatable bonds is 9. The molecule has 0 aliphatic carbocycles. The van der Waals surface area contributed by atoms with Gasteiger partial charge in [0.15, 0.2) is 0 Å². The maximum absolute atomic E-state index is 12.6. The molecule has 0 bridgehead atoms. The van der Waals surface area contributed by atoms with Crippen LogP contribution in [0.3, 0.4) is 0 Å². The van der Waals surface area contributed by atoms with Crippen LogP contribution >= 0.6 is 23.2 Å². The Morgan fingerprint density at radius 1 is 0.939 bits per heavy atom. The van der Waals surface area contributed by atoms with Crippen molar-refractivity contribution in [1.82, 2.24) is 14.3 Å². The Kier molecular flexibility index (Phi) is 7.69. The molecule has 0 aliphatic rings. The van der Waals surface area contributed by atoms with Crippen molar-refractivity contribution in [2.75, 3.05) is 23.7 Å². The van der Waals surface area contributed by atoms with Crippen LogP contribution in [0, 0.1) is 10.1 Å². The first-order chi connectivity index (χ1) is 15.6. The summed E-state index contributed by atoms with van der Waals surface area (Å²) in [5, 5.41) is 18.2. The second-order valence-electron chi connectivity index (χ2n) is 6.70. The van der Waals surface area contributed by atoms with E-state index in [9.17, 15) is 18.5 Å². The summed E-state index contributed by atoms with van der Waals surface area (Å²) in [6.07, 6.45) is 1.16. The summed E-state index contributed by atoms with van der Waals surface area (Å²) in [6.45, 7) is 4.21. The Morgan fingerprint density at radius 2 is 1.45 bits per heavy atom. The molecule has 3 aromatic rings. The lowest BCUT2D eigenvalue weighted by Crippen LogP contribution is -2.30. The van der Waals surface area contributed by atoms with Crippen molar-refractivity contribution in [2.45, 2.75) is 18.7 Å². The molecule has 174 valence electrons. The molecule has 0 saturated carbocycles.